The first-order valence-corrected chi connectivity index (χ1v) is 5.04. The lowest BCUT2D eigenvalue weighted by Gasteiger charge is -2.06. The minimum Gasteiger partial charge on any atom is -0.507 e. The molecule has 0 bridgehead atoms. The number of aromatic hydroxyl groups is 1. The van der Waals surface area contributed by atoms with E-state index in [0.29, 0.717) is 0 Å². The fourth-order valence-electron chi connectivity index (χ4n) is 1.36. The lowest BCUT2D eigenvalue weighted by molar-refractivity contribution is 0.0723. The highest BCUT2D eigenvalue weighted by atomic mass is 19.2. The molecule has 0 saturated heterocycles. The van der Waals surface area contributed by atoms with Gasteiger partial charge in [0, 0.05) is 0 Å². The van der Waals surface area contributed by atoms with Crippen LogP contribution in [0.25, 0.3) is 0 Å². The Hall–Kier alpha value is -2.43. The average Bonchev–Trinajstić information content (AvgIpc) is 2.35. The molecule has 0 aliphatic heterocycles. The number of halogens is 2. The Kier molecular flexibility index (Phi) is 3.23. The Morgan fingerprint density at radius 3 is 2.50 bits per heavy atom. The number of hydrogen-bond donors (Lipinski definition) is 1. The maximum Gasteiger partial charge on any atom is 0.347 e. The molecule has 5 heteroatoms. The second kappa shape index (κ2) is 4.83. The summed E-state index contributed by atoms with van der Waals surface area (Å²) in [6.07, 6.45) is 0. The Bertz CT molecular complexity index is 597. The summed E-state index contributed by atoms with van der Waals surface area (Å²) in [6, 6.07) is 8.88. The van der Waals surface area contributed by atoms with Crippen molar-refractivity contribution in [3.8, 4) is 11.5 Å². The molecule has 2 aromatic rings. The first kappa shape index (κ1) is 12.0. The van der Waals surface area contributed by atoms with Crippen LogP contribution in [0.5, 0.6) is 11.5 Å². The molecule has 0 atom stereocenters. The number of carbonyl (C=O) groups excluding carboxylic acids is 1. The van der Waals surface area contributed by atoms with Crippen LogP contribution in [0.4, 0.5) is 8.78 Å². The Balaban J connectivity index is 2.27. The molecule has 3 nitrogen and oxygen atoms in total. The Labute approximate surface area is 101 Å². The lowest BCUT2D eigenvalue weighted by Crippen LogP contribution is -2.10. The molecule has 0 unspecified atom stereocenters. The molecule has 0 fully saturated rings. The van der Waals surface area contributed by atoms with E-state index in [9.17, 15) is 18.7 Å². The van der Waals surface area contributed by atoms with Gasteiger partial charge in [0.2, 0.25) is 5.82 Å². The van der Waals surface area contributed by atoms with Crippen molar-refractivity contribution in [3.05, 3.63) is 59.7 Å². The largest absolute Gasteiger partial charge is 0.507 e. The highest BCUT2D eigenvalue weighted by Crippen LogP contribution is 2.22. The zero-order valence-corrected chi connectivity index (χ0v) is 9.06. The monoisotopic (exact) mass is 250 g/mol. The van der Waals surface area contributed by atoms with E-state index in [4.69, 9.17) is 0 Å². The molecule has 92 valence electrons. The average molecular weight is 250 g/mol. The molecular formula is C13H8F2O3. The molecule has 0 aromatic heterocycles. The summed E-state index contributed by atoms with van der Waals surface area (Å²) in [6.45, 7) is 0. The van der Waals surface area contributed by atoms with Crippen LogP contribution >= 0.6 is 0 Å². The van der Waals surface area contributed by atoms with E-state index in [1.165, 1.54) is 30.3 Å². The summed E-state index contributed by atoms with van der Waals surface area (Å²) in [7, 11) is 0. The molecule has 0 saturated carbocycles. The molecule has 0 spiro atoms. The van der Waals surface area contributed by atoms with Crippen LogP contribution in [0.15, 0.2) is 42.5 Å². The third-order valence-corrected chi connectivity index (χ3v) is 2.24. The summed E-state index contributed by atoms with van der Waals surface area (Å²) in [5.41, 5.74) is -0.124. The summed E-state index contributed by atoms with van der Waals surface area (Å²) in [5.74, 6) is -4.14. The number of para-hydroxylation sites is 1. The molecule has 0 heterocycles. The minimum atomic E-state index is -1.25. The molecule has 0 amide bonds. The summed E-state index contributed by atoms with van der Waals surface area (Å²) in [5, 5.41) is 9.41. The van der Waals surface area contributed by atoms with E-state index in [-0.39, 0.29) is 11.3 Å². The fourth-order valence-corrected chi connectivity index (χ4v) is 1.36. The third-order valence-electron chi connectivity index (χ3n) is 2.24. The molecule has 2 rings (SSSR count). The number of rotatable bonds is 2. The van der Waals surface area contributed by atoms with Gasteiger partial charge < -0.3 is 9.84 Å². The van der Waals surface area contributed by atoms with E-state index in [2.05, 4.69) is 4.74 Å². The first-order chi connectivity index (χ1) is 8.59. The van der Waals surface area contributed by atoms with Crippen LogP contribution in [0.2, 0.25) is 0 Å². The van der Waals surface area contributed by atoms with Crippen molar-refractivity contribution < 1.29 is 23.4 Å². The van der Waals surface area contributed by atoms with Gasteiger partial charge in [-0.15, -0.1) is 0 Å². The van der Waals surface area contributed by atoms with Gasteiger partial charge in [-0.05, 0) is 24.3 Å². The van der Waals surface area contributed by atoms with Crippen molar-refractivity contribution in [1.29, 1.82) is 0 Å². The number of phenolic OH excluding ortho intramolecular Hbond substituents is 1. The van der Waals surface area contributed by atoms with E-state index in [1.54, 1.807) is 0 Å². The zero-order chi connectivity index (χ0) is 13.1. The van der Waals surface area contributed by atoms with Crippen LogP contribution in [0, 0.1) is 11.6 Å². The smallest absolute Gasteiger partial charge is 0.347 e. The maximum absolute atomic E-state index is 13.3. The van der Waals surface area contributed by atoms with Gasteiger partial charge in [0.05, 0.1) is 0 Å². The molecule has 0 aliphatic rings. The van der Waals surface area contributed by atoms with Crippen molar-refractivity contribution in [1.82, 2.24) is 0 Å². The van der Waals surface area contributed by atoms with E-state index in [0.717, 1.165) is 12.1 Å². The topological polar surface area (TPSA) is 46.5 Å². The van der Waals surface area contributed by atoms with E-state index >= 15 is 0 Å². The van der Waals surface area contributed by atoms with Crippen molar-refractivity contribution >= 4 is 5.97 Å². The lowest BCUT2D eigenvalue weighted by atomic mass is 10.2. The van der Waals surface area contributed by atoms with E-state index < -0.39 is 23.4 Å². The summed E-state index contributed by atoms with van der Waals surface area (Å²) < 4.78 is 30.8. The van der Waals surface area contributed by atoms with Gasteiger partial charge in [-0.25, -0.2) is 9.18 Å². The van der Waals surface area contributed by atoms with Gasteiger partial charge in [0.25, 0.3) is 0 Å². The van der Waals surface area contributed by atoms with E-state index in [1.807, 2.05) is 0 Å². The number of ether oxygens (including phenoxy) is 1. The third kappa shape index (κ3) is 2.29. The second-order valence-corrected chi connectivity index (χ2v) is 3.46. The van der Waals surface area contributed by atoms with Gasteiger partial charge in [0.1, 0.15) is 11.3 Å². The number of hydrogen-bond acceptors (Lipinski definition) is 3. The molecular weight excluding hydrogens is 242 g/mol. The van der Waals surface area contributed by atoms with Gasteiger partial charge in [0.15, 0.2) is 11.6 Å². The molecule has 0 aliphatic carbocycles. The predicted molar refractivity (Wildman–Crippen MR) is 59.4 cm³/mol. The van der Waals surface area contributed by atoms with Gasteiger partial charge in [-0.3, -0.25) is 0 Å². The van der Waals surface area contributed by atoms with Crippen molar-refractivity contribution in [2.75, 3.05) is 0 Å². The fraction of sp³-hybridized carbons (Fsp3) is 0. The molecule has 18 heavy (non-hydrogen) atoms. The van der Waals surface area contributed by atoms with Gasteiger partial charge >= 0.3 is 5.97 Å². The maximum atomic E-state index is 13.3. The number of esters is 1. The molecule has 1 N–H and O–H groups in total. The van der Waals surface area contributed by atoms with Crippen molar-refractivity contribution in [2.45, 2.75) is 0 Å². The number of carbonyl (C=O) groups is 1. The highest BCUT2D eigenvalue weighted by molar-refractivity contribution is 5.93. The second-order valence-electron chi connectivity index (χ2n) is 3.46. The first-order valence-electron chi connectivity index (χ1n) is 5.04. The number of benzene rings is 2. The van der Waals surface area contributed by atoms with Gasteiger partial charge in [-0.2, -0.15) is 4.39 Å². The molecule has 2 aromatic carbocycles. The predicted octanol–water partition coefficient (Wildman–Crippen LogP) is 2.89. The van der Waals surface area contributed by atoms with Crippen LogP contribution < -0.4 is 4.74 Å². The Morgan fingerprint density at radius 1 is 1.06 bits per heavy atom. The zero-order valence-electron chi connectivity index (χ0n) is 9.06. The number of phenols is 1. The van der Waals surface area contributed by atoms with Crippen LogP contribution in [0.1, 0.15) is 10.4 Å². The van der Waals surface area contributed by atoms with Crippen molar-refractivity contribution in [3.63, 3.8) is 0 Å². The van der Waals surface area contributed by atoms with Crippen LogP contribution in [-0.2, 0) is 0 Å². The standard InChI is InChI=1S/C13H8F2O3/c14-9-5-3-7-11(12(9)15)18-13(17)8-4-1-2-6-10(8)16/h1-7,16H. The van der Waals surface area contributed by atoms with Crippen LogP contribution in [-0.4, -0.2) is 11.1 Å². The quantitative estimate of drug-likeness (QED) is 0.658. The summed E-state index contributed by atoms with van der Waals surface area (Å²) in [4.78, 5) is 11.6. The highest BCUT2D eigenvalue weighted by Gasteiger charge is 2.16. The normalized spacial score (nSPS) is 10.1. The SMILES string of the molecule is O=C(Oc1cccc(F)c1F)c1ccccc1O. The van der Waals surface area contributed by atoms with Gasteiger partial charge in [-0.1, -0.05) is 18.2 Å². The minimum absolute atomic E-state index is 0.124. The van der Waals surface area contributed by atoms with Crippen LogP contribution in [0.3, 0.4) is 0 Å². The molecule has 0 radical (unpaired) electrons. The summed E-state index contributed by atoms with van der Waals surface area (Å²) >= 11 is 0. The van der Waals surface area contributed by atoms with Crippen molar-refractivity contribution in [2.24, 2.45) is 0 Å². The Morgan fingerprint density at radius 2 is 1.78 bits per heavy atom.